The third-order valence-corrected chi connectivity index (χ3v) is 12.6. The molecule has 0 bridgehead atoms. The number of rotatable bonds is 10. The lowest BCUT2D eigenvalue weighted by molar-refractivity contribution is -0.143. The normalized spacial score (nSPS) is 23.1. The monoisotopic (exact) mass is 571 g/mol. The molecule has 2 aliphatic heterocycles. The van der Waals surface area contributed by atoms with E-state index in [0.29, 0.717) is 32.4 Å². The van der Waals surface area contributed by atoms with Crippen molar-refractivity contribution in [3.63, 3.8) is 0 Å². The summed E-state index contributed by atoms with van der Waals surface area (Å²) in [4.78, 5) is 65.5. The van der Waals surface area contributed by atoms with Crippen LogP contribution in [0.5, 0.6) is 0 Å². The van der Waals surface area contributed by atoms with Gasteiger partial charge in [0, 0.05) is 19.6 Å². The van der Waals surface area contributed by atoms with Gasteiger partial charge in [0.1, 0.15) is 12.1 Å². The van der Waals surface area contributed by atoms with Crippen LogP contribution in [0.2, 0.25) is 18.1 Å². The molecule has 5 amide bonds. The highest BCUT2D eigenvalue weighted by molar-refractivity contribution is 6.74. The highest BCUT2D eigenvalue weighted by Gasteiger charge is 2.46. The van der Waals surface area contributed by atoms with Gasteiger partial charge in [-0.25, -0.2) is 4.79 Å². The lowest BCUT2D eigenvalue weighted by Gasteiger charge is -2.41. The lowest BCUT2D eigenvalue weighted by Crippen LogP contribution is -2.56. The molecule has 39 heavy (non-hydrogen) atoms. The molecule has 0 aliphatic carbocycles. The maximum absolute atomic E-state index is 13.6. The average Bonchev–Trinajstić information content (AvgIpc) is 3.50. The summed E-state index contributed by atoms with van der Waals surface area (Å²) in [6.07, 6.45) is -2.39. The van der Waals surface area contributed by atoms with Gasteiger partial charge in [-0.15, -0.1) is 0 Å². The zero-order chi connectivity index (χ0) is 29.9. The fourth-order valence-corrected chi connectivity index (χ4v) is 5.95. The van der Waals surface area contributed by atoms with Gasteiger partial charge < -0.3 is 40.8 Å². The smallest absolute Gasteiger partial charge is 0.404 e. The number of aliphatic hydroxyl groups excluding tert-OH is 1. The number of hydrogen-bond acceptors (Lipinski definition) is 7. The predicted octanol–water partition coefficient (Wildman–Crippen LogP) is 0.223. The molecule has 0 radical (unpaired) electrons. The molecule has 6 N–H and O–H groups in total. The first-order chi connectivity index (χ1) is 17.9. The highest BCUT2D eigenvalue weighted by Crippen LogP contribution is 2.38. The SMILES string of the molecule is C[C@H](NC(=O)[C@@H]1CCCN1C(=O)[C@H]1CCN(C(=O)[C@H](O[Si](C)(C)C(C)(C)C)[C@H](C)NC(=O)O)C1)[C@@H](O)C(N)=O. The van der Waals surface area contributed by atoms with Gasteiger partial charge in [0.05, 0.1) is 18.0 Å². The Morgan fingerprint density at radius 3 is 2.18 bits per heavy atom. The Balaban J connectivity index is 2.12. The highest BCUT2D eigenvalue weighted by atomic mass is 28.4. The standard InChI is InChI=1S/C25H45N5O8Si/c1-14(18(31)20(26)32)27-21(33)17-9-8-11-30(17)22(34)16-10-12-29(13-16)23(35)19(15(2)28-24(36)37)38-39(6,7)25(3,4)5/h14-19,28,31H,8-13H2,1-7H3,(H2,26,32)(H,27,33)(H,36,37)/t14-,15-,16-,17-,18+,19+/m0/s1. The van der Waals surface area contributed by atoms with Gasteiger partial charge in [0.15, 0.2) is 14.4 Å². The zero-order valence-electron chi connectivity index (χ0n) is 24.0. The molecule has 2 saturated heterocycles. The number of nitrogens with zero attached hydrogens (tertiary/aromatic N) is 2. The van der Waals surface area contributed by atoms with Crippen LogP contribution in [0.25, 0.3) is 0 Å². The van der Waals surface area contributed by atoms with Gasteiger partial charge in [0.25, 0.3) is 5.91 Å². The van der Waals surface area contributed by atoms with E-state index in [1.165, 1.54) is 16.7 Å². The molecular formula is C25H45N5O8Si. The second-order valence-corrected chi connectivity index (χ2v) is 16.9. The first-order valence-electron chi connectivity index (χ1n) is 13.4. The van der Waals surface area contributed by atoms with E-state index in [-0.39, 0.29) is 23.4 Å². The number of carboxylic acid groups (broad SMARTS) is 1. The van der Waals surface area contributed by atoms with Crippen LogP contribution in [0.4, 0.5) is 4.79 Å². The average molecular weight is 572 g/mol. The largest absolute Gasteiger partial charge is 0.465 e. The van der Waals surface area contributed by atoms with Gasteiger partial charge in [-0.1, -0.05) is 20.8 Å². The molecule has 13 nitrogen and oxygen atoms in total. The van der Waals surface area contributed by atoms with Crippen molar-refractivity contribution in [1.82, 2.24) is 20.4 Å². The molecule has 14 heteroatoms. The van der Waals surface area contributed by atoms with E-state index in [9.17, 15) is 34.2 Å². The van der Waals surface area contributed by atoms with Crippen molar-refractivity contribution in [3.05, 3.63) is 0 Å². The maximum Gasteiger partial charge on any atom is 0.404 e. The number of primary amides is 1. The summed E-state index contributed by atoms with van der Waals surface area (Å²) in [5.41, 5.74) is 5.10. The summed E-state index contributed by atoms with van der Waals surface area (Å²) in [6.45, 7) is 13.9. The van der Waals surface area contributed by atoms with E-state index in [0.717, 1.165) is 0 Å². The number of nitrogens with two attached hydrogens (primary N) is 1. The summed E-state index contributed by atoms with van der Waals surface area (Å²) in [7, 11) is -2.45. The predicted molar refractivity (Wildman–Crippen MR) is 145 cm³/mol. The van der Waals surface area contributed by atoms with Crippen LogP contribution in [0, 0.1) is 5.92 Å². The van der Waals surface area contributed by atoms with E-state index in [1.807, 2.05) is 33.9 Å². The van der Waals surface area contributed by atoms with Crippen LogP contribution in [-0.2, 0) is 23.6 Å². The van der Waals surface area contributed by atoms with E-state index in [4.69, 9.17) is 10.2 Å². The summed E-state index contributed by atoms with van der Waals surface area (Å²) in [5.74, 6) is -2.57. The molecule has 6 atom stereocenters. The lowest BCUT2D eigenvalue weighted by atomic mass is 10.1. The first-order valence-corrected chi connectivity index (χ1v) is 16.3. The summed E-state index contributed by atoms with van der Waals surface area (Å²) in [6, 6.07) is -2.46. The minimum absolute atomic E-state index is 0.135. The van der Waals surface area contributed by atoms with Crippen molar-refractivity contribution in [2.75, 3.05) is 19.6 Å². The Labute approximate surface area is 230 Å². The molecule has 222 valence electrons. The zero-order valence-corrected chi connectivity index (χ0v) is 25.0. The van der Waals surface area contributed by atoms with E-state index >= 15 is 0 Å². The molecule has 2 rings (SSSR count). The molecule has 2 heterocycles. The molecule has 0 unspecified atom stereocenters. The van der Waals surface area contributed by atoms with Crippen LogP contribution in [0.15, 0.2) is 0 Å². The molecule has 0 aromatic heterocycles. The molecule has 0 spiro atoms. The van der Waals surface area contributed by atoms with E-state index in [2.05, 4.69) is 10.6 Å². The van der Waals surface area contributed by atoms with E-state index in [1.54, 1.807) is 6.92 Å². The Morgan fingerprint density at radius 1 is 1.03 bits per heavy atom. The Bertz CT molecular complexity index is 955. The minimum atomic E-state index is -2.45. The third kappa shape index (κ3) is 7.91. The Morgan fingerprint density at radius 2 is 1.64 bits per heavy atom. The maximum atomic E-state index is 13.6. The van der Waals surface area contributed by atoms with E-state index < -0.39 is 62.5 Å². The third-order valence-electron chi connectivity index (χ3n) is 8.10. The Hall–Kier alpha value is -2.71. The van der Waals surface area contributed by atoms with Crippen LogP contribution in [0.3, 0.4) is 0 Å². The van der Waals surface area contributed by atoms with Crippen molar-refractivity contribution in [2.24, 2.45) is 11.7 Å². The van der Waals surface area contributed by atoms with Crippen molar-refractivity contribution >= 4 is 38.0 Å². The van der Waals surface area contributed by atoms with Gasteiger partial charge >= 0.3 is 6.09 Å². The number of aliphatic hydroxyl groups is 1. The number of carbonyl (C=O) groups is 5. The second-order valence-electron chi connectivity index (χ2n) is 12.1. The fraction of sp³-hybridized carbons (Fsp3) is 0.800. The fourth-order valence-electron chi connectivity index (χ4n) is 4.66. The summed E-state index contributed by atoms with van der Waals surface area (Å²) < 4.78 is 6.38. The van der Waals surface area contributed by atoms with Crippen LogP contribution in [0.1, 0.15) is 53.9 Å². The number of nitrogens with one attached hydrogen (secondary N) is 2. The summed E-state index contributed by atoms with van der Waals surface area (Å²) >= 11 is 0. The molecule has 0 aromatic rings. The van der Waals surface area contributed by atoms with Crippen LogP contribution in [-0.4, -0.2) is 108 Å². The second kappa shape index (κ2) is 12.6. The number of amides is 5. The number of hydrogen-bond donors (Lipinski definition) is 5. The summed E-state index contributed by atoms with van der Waals surface area (Å²) in [5, 5.41) is 23.8. The van der Waals surface area contributed by atoms with Gasteiger partial charge in [-0.05, 0) is 51.2 Å². The van der Waals surface area contributed by atoms with Gasteiger partial charge in [-0.2, -0.15) is 0 Å². The first kappa shape index (κ1) is 32.5. The number of carbonyl (C=O) groups excluding carboxylic acids is 4. The van der Waals surface area contributed by atoms with Crippen LogP contribution >= 0.6 is 0 Å². The number of likely N-dealkylation sites (tertiary alicyclic amines) is 2. The van der Waals surface area contributed by atoms with Gasteiger partial charge in [-0.3, -0.25) is 19.2 Å². The van der Waals surface area contributed by atoms with Gasteiger partial charge in [0.2, 0.25) is 17.7 Å². The molecule has 0 saturated carbocycles. The minimum Gasteiger partial charge on any atom is -0.465 e. The van der Waals surface area contributed by atoms with Crippen molar-refractivity contribution < 1.29 is 38.6 Å². The van der Waals surface area contributed by atoms with Crippen molar-refractivity contribution in [1.29, 1.82) is 0 Å². The van der Waals surface area contributed by atoms with Crippen molar-refractivity contribution in [2.45, 2.75) is 102 Å². The molecule has 2 aliphatic rings. The molecular weight excluding hydrogens is 526 g/mol. The topological polar surface area (TPSA) is 192 Å². The van der Waals surface area contributed by atoms with Crippen molar-refractivity contribution in [3.8, 4) is 0 Å². The Kier molecular flexibility index (Phi) is 10.5. The quantitative estimate of drug-likeness (QED) is 0.230. The van der Waals surface area contributed by atoms with Crippen LogP contribution < -0.4 is 16.4 Å². The molecule has 0 aromatic carbocycles. The molecule has 2 fully saturated rings.